The highest BCUT2D eigenvalue weighted by atomic mass is 32.1. The molecule has 1 fully saturated rings. The first kappa shape index (κ1) is 19.2. The number of carbonyl (C=O) groups is 1. The van der Waals surface area contributed by atoms with Gasteiger partial charge in [-0.1, -0.05) is 13.0 Å². The van der Waals surface area contributed by atoms with E-state index in [1.807, 2.05) is 6.07 Å². The fourth-order valence-electron chi connectivity index (χ4n) is 3.83. The molecule has 4 rings (SSSR count). The summed E-state index contributed by atoms with van der Waals surface area (Å²) in [6.07, 6.45) is 7.20. The van der Waals surface area contributed by atoms with Crippen LogP contribution < -0.4 is 4.74 Å². The van der Waals surface area contributed by atoms with Crippen LogP contribution in [0.25, 0.3) is 11.1 Å². The molecule has 3 aromatic heterocycles. The first-order valence-corrected chi connectivity index (χ1v) is 10.0. The number of pyridine rings is 1. The molecule has 0 aliphatic carbocycles. The van der Waals surface area contributed by atoms with E-state index in [0.29, 0.717) is 18.1 Å². The second-order valence-electron chi connectivity index (χ2n) is 7.33. The van der Waals surface area contributed by atoms with Gasteiger partial charge in [0.2, 0.25) is 11.8 Å². The van der Waals surface area contributed by atoms with Crippen LogP contribution in [-0.2, 0) is 10.2 Å². The molecule has 148 valence electrons. The van der Waals surface area contributed by atoms with Crippen LogP contribution in [0.5, 0.6) is 5.88 Å². The Morgan fingerprint density at radius 2 is 2.00 bits per heavy atom. The van der Waals surface area contributed by atoms with Crippen molar-refractivity contribution in [3.05, 3.63) is 58.9 Å². The van der Waals surface area contributed by atoms with Gasteiger partial charge in [-0.15, -0.1) is 11.3 Å². The van der Waals surface area contributed by atoms with Gasteiger partial charge >= 0.3 is 0 Å². The third kappa shape index (κ3) is 3.29. The summed E-state index contributed by atoms with van der Waals surface area (Å²) in [7, 11) is 3.23. The predicted octanol–water partition coefficient (Wildman–Crippen LogP) is 3.49. The van der Waals surface area contributed by atoms with E-state index >= 15 is 0 Å². The predicted molar refractivity (Wildman–Crippen MR) is 111 cm³/mol. The van der Waals surface area contributed by atoms with Crippen molar-refractivity contribution in [2.45, 2.75) is 24.7 Å². The van der Waals surface area contributed by atoms with Crippen LogP contribution in [0.2, 0.25) is 0 Å². The number of amides is 1. The summed E-state index contributed by atoms with van der Waals surface area (Å²) in [5, 5.41) is 10.4. The second kappa shape index (κ2) is 7.36. The number of amidine groups is 1. The summed E-state index contributed by atoms with van der Waals surface area (Å²) in [6, 6.07) is 5.73. The van der Waals surface area contributed by atoms with Crippen LogP contribution in [0, 0.1) is 5.41 Å². The molecule has 0 radical (unpaired) electrons. The molecule has 1 saturated heterocycles. The second-order valence-corrected chi connectivity index (χ2v) is 8.24. The van der Waals surface area contributed by atoms with Crippen LogP contribution in [0.4, 0.5) is 0 Å². The van der Waals surface area contributed by atoms with Crippen LogP contribution in [-0.4, -0.2) is 45.8 Å². The highest BCUT2D eigenvalue weighted by molar-refractivity contribution is 7.10. The van der Waals surface area contributed by atoms with Crippen molar-refractivity contribution in [2.75, 3.05) is 14.2 Å². The zero-order chi connectivity index (χ0) is 20.6. The summed E-state index contributed by atoms with van der Waals surface area (Å²) in [6.45, 7) is 2.05. The molecule has 7 nitrogen and oxygen atoms in total. The maximum Gasteiger partial charge on any atom is 0.236 e. The van der Waals surface area contributed by atoms with Gasteiger partial charge in [0, 0.05) is 54.0 Å². The van der Waals surface area contributed by atoms with Gasteiger partial charge in [-0.2, -0.15) is 0 Å². The number of hydrogen-bond donors (Lipinski definition) is 1. The van der Waals surface area contributed by atoms with Gasteiger partial charge in [0.15, 0.2) is 0 Å². The molecule has 0 saturated carbocycles. The maximum absolute atomic E-state index is 13.3. The van der Waals surface area contributed by atoms with E-state index in [2.05, 4.69) is 33.3 Å². The van der Waals surface area contributed by atoms with E-state index in [0.717, 1.165) is 21.6 Å². The number of methoxy groups -OCH3 is 1. The largest absolute Gasteiger partial charge is 0.481 e. The van der Waals surface area contributed by atoms with Crippen molar-refractivity contribution >= 4 is 23.1 Å². The highest BCUT2D eigenvalue weighted by Gasteiger charge is 2.49. The summed E-state index contributed by atoms with van der Waals surface area (Å²) in [5.74, 6) is 0.266. The number of aromatic nitrogens is 3. The molecule has 0 aromatic carbocycles. The van der Waals surface area contributed by atoms with Crippen molar-refractivity contribution in [2.24, 2.45) is 0 Å². The molecule has 4 heterocycles. The zero-order valence-electron chi connectivity index (χ0n) is 16.4. The van der Waals surface area contributed by atoms with Gasteiger partial charge in [-0.3, -0.25) is 10.2 Å². The van der Waals surface area contributed by atoms with Gasteiger partial charge in [-0.25, -0.2) is 15.0 Å². The average molecular weight is 407 g/mol. The molecule has 2 atom stereocenters. The average Bonchev–Trinajstić information content (AvgIpc) is 3.24. The minimum Gasteiger partial charge on any atom is -0.481 e. The molecule has 1 amide bonds. The Kier molecular flexibility index (Phi) is 4.87. The van der Waals surface area contributed by atoms with Crippen molar-refractivity contribution in [1.82, 2.24) is 19.9 Å². The molecule has 1 aliphatic rings. The lowest BCUT2D eigenvalue weighted by Gasteiger charge is -2.43. The minimum atomic E-state index is -0.560. The monoisotopic (exact) mass is 407 g/mol. The van der Waals surface area contributed by atoms with Crippen molar-refractivity contribution in [3.63, 3.8) is 0 Å². The summed E-state index contributed by atoms with van der Waals surface area (Å²) in [4.78, 5) is 28.2. The number of carbonyl (C=O) groups excluding carboxylic acids is 1. The number of nitrogens with one attached hydrogen (secondary N) is 1. The van der Waals surface area contributed by atoms with E-state index in [1.165, 1.54) is 11.2 Å². The standard InChI is InChI=1S/C21H21N5O2S/c1-21(16-6-14(11-29-16)15-8-23-12-24-9-15)7-17(22)26(2)20(27)19(21)13-4-5-18(28-3)25-10-13/h4-6,8-12,19,22H,7H2,1-3H3/t19?,21-/m1/s1. The number of likely N-dealkylation sites (tertiary alicyclic amines) is 1. The van der Waals surface area contributed by atoms with Crippen LogP contribution in [0.1, 0.15) is 29.7 Å². The molecule has 0 bridgehead atoms. The number of hydrogen-bond acceptors (Lipinski definition) is 7. The molecule has 1 aliphatic heterocycles. The van der Waals surface area contributed by atoms with E-state index in [-0.39, 0.29) is 5.91 Å². The SMILES string of the molecule is COc1ccc(C2C(=O)N(C)C(=N)C[C@]2(C)c2cc(-c3cncnc3)cs2)cn1. The summed E-state index contributed by atoms with van der Waals surface area (Å²) >= 11 is 1.59. The van der Waals surface area contributed by atoms with Crippen molar-refractivity contribution in [3.8, 4) is 17.0 Å². The van der Waals surface area contributed by atoms with E-state index in [9.17, 15) is 4.79 Å². The van der Waals surface area contributed by atoms with Crippen molar-refractivity contribution in [1.29, 1.82) is 5.41 Å². The topological polar surface area (TPSA) is 92.1 Å². The van der Waals surface area contributed by atoms with E-state index < -0.39 is 11.3 Å². The molecule has 3 aromatic rings. The Bertz CT molecular complexity index is 1050. The van der Waals surface area contributed by atoms with Gasteiger partial charge in [0.05, 0.1) is 13.0 Å². The van der Waals surface area contributed by atoms with E-state index in [1.54, 1.807) is 50.2 Å². The van der Waals surface area contributed by atoms with E-state index in [4.69, 9.17) is 10.1 Å². The Morgan fingerprint density at radius 3 is 2.66 bits per heavy atom. The third-order valence-corrected chi connectivity index (χ3v) is 6.72. The first-order valence-electron chi connectivity index (χ1n) is 9.13. The number of thiophene rings is 1. The highest BCUT2D eigenvalue weighted by Crippen LogP contribution is 2.48. The molecular weight excluding hydrogens is 386 g/mol. The Morgan fingerprint density at radius 1 is 1.24 bits per heavy atom. The van der Waals surface area contributed by atoms with Crippen LogP contribution in [0.3, 0.4) is 0 Å². The normalized spacial score (nSPS) is 22.0. The third-order valence-electron chi connectivity index (χ3n) is 5.51. The number of ether oxygens (including phenoxy) is 1. The first-order chi connectivity index (χ1) is 13.9. The molecule has 0 spiro atoms. The Balaban J connectivity index is 1.80. The van der Waals surface area contributed by atoms with Crippen molar-refractivity contribution < 1.29 is 9.53 Å². The number of rotatable bonds is 4. The quantitative estimate of drug-likeness (QED) is 0.715. The molecular formula is C21H21N5O2S. The Hall–Kier alpha value is -3.13. The van der Waals surface area contributed by atoms with Crippen LogP contribution >= 0.6 is 11.3 Å². The smallest absolute Gasteiger partial charge is 0.236 e. The fourth-order valence-corrected chi connectivity index (χ4v) is 4.94. The van der Waals surface area contributed by atoms with Gasteiger partial charge < -0.3 is 9.64 Å². The lowest BCUT2D eigenvalue weighted by molar-refractivity contribution is -0.131. The lowest BCUT2D eigenvalue weighted by Crippen LogP contribution is -2.52. The maximum atomic E-state index is 13.3. The Labute approximate surface area is 172 Å². The number of likely N-dealkylation sites (N-methyl/N-ethyl adjacent to an activating group) is 1. The molecule has 1 N–H and O–H groups in total. The lowest BCUT2D eigenvalue weighted by atomic mass is 9.67. The van der Waals surface area contributed by atoms with Crippen LogP contribution in [0.15, 0.2) is 48.5 Å². The van der Waals surface area contributed by atoms with Gasteiger partial charge in [-0.05, 0) is 22.6 Å². The number of piperidine rings is 1. The summed E-state index contributed by atoms with van der Waals surface area (Å²) < 4.78 is 5.16. The number of nitrogens with zero attached hydrogens (tertiary/aromatic N) is 4. The summed E-state index contributed by atoms with van der Waals surface area (Å²) in [5.41, 5.74) is 2.19. The minimum absolute atomic E-state index is 0.103. The van der Waals surface area contributed by atoms with Gasteiger partial charge in [0.25, 0.3) is 0 Å². The molecule has 1 unspecified atom stereocenters. The van der Waals surface area contributed by atoms with Gasteiger partial charge in [0.1, 0.15) is 12.2 Å². The fraction of sp³-hybridized carbons (Fsp3) is 0.286. The molecule has 8 heteroatoms. The zero-order valence-corrected chi connectivity index (χ0v) is 17.2. The molecule has 29 heavy (non-hydrogen) atoms.